The second kappa shape index (κ2) is 8.60. The number of benzene rings is 1. The Labute approximate surface area is 141 Å². The lowest BCUT2D eigenvalue weighted by molar-refractivity contribution is 0.0961. The van der Waals surface area contributed by atoms with Crippen LogP contribution in [0.4, 0.5) is 10.2 Å². The number of carbonyl (C=O) groups excluding carboxylic acids is 1. The van der Waals surface area contributed by atoms with Gasteiger partial charge in [0.05, 0.1) is 6.04 Å². The number of ketones is 1. The largest absolute Gasteiger partial charge is 0.368 e. The molecule has 0 aliphatic carbocycles. The van der Waals surface area contributed by atoms with Crippen molar-refractivity contribution in [3.05, 3.63) is 59.5 Å². The van der Waals surface area contributed by atoms with Gasteiger partial charge in [-0.15, -0.1) is 12.4 Å². The molecule has 0 spiro atoms. The number of nitrogens with two attached hydrogens (primary N) is 1. The number of nitrogens with zero attached hydrogens (tertiary/aromatic N) is 1. The number of anilines is 1. The fourth-order valence-electron chi connectivity index (χ4n) is 2.02. The van der Waals surface area contributed by atoms with Gasteiger partial charge >= 0.3 is 0 Å². The molecule has 2 atom stereocenters. The van der Waals surface area contributed by atoms with Gasteiger partial charge in [0, 0.05) is 17.8 Å². The quantitative estimate of drug-likeness (QED) is 0.788. The molecule has 4 nitrogen and oxygen atoms in total. The summed E-state index contributed by atoms with van der Waals surface area (Å²) in [6.07, 6.45) is 2.59. The van der Waals surface area contributed by atoms with Crippen LogP contribution in [0.2, 0.25) is 0 Å². The van der Waals surface area contributed by atoms with Crippen LogP contribution in [0.1, 0.15) is 42.2 Å². The van der Waals surface area contributed by atoms with Crippen LogP contribution >= 0.6 is 12.4 Å². The summed E-state index contributed by atoms with van der Waals surface area (Å²) in [7, 11) is 0. The molecule has 2 aromatic rings. The van der Waals surface area contributed by atoms with E-state index >= 15 is 0 Å². The average molecular weight is 338 g/mol. The van der Waals surface area contributed by atoms with Gasteiger partial charge in [-0.1, -0.05) is 6.92 Å². The van der Waals surface area contributed by atoms with E-state index in [4.69, 9.17) is 5.73 Å². The Bertz CT molecular complexity index is 649. The van der Waals surface area contributed by atoms with E-state index in [0.29, 0.717) is 16.9 Å². The van der Waals surface area contributed by atoms with E-state index in [0.717, 1.165) is 6.42 Å². The van der Waals surface area contributed by atoms with Crippen LogP contribution in [-0.4, -0.2) is 16.8 Å². The fraction of sp³-hybridized carbons (Fsp3) is 0.294. The van der Waals surface area contributed by atoms with Gasteiger partial charge in [-0.05, 0) is 55.3 Å². The van der Waals surface area contributed by atoms with Crippen LogP contribution in [0, 0.1) is 5.82 Å². The van der Waals surface area contributed by atoms with Crippen LogP contribution in [0.15, 0.2) is 42.6 Å². The lowest BCUT2D eigenvalue weighted by atomic mass is 9.99. The third kappa shape index (κ3) is 5.01. The van der Waals surface area contributed by atoms with Gasteiger partial charge in [0.1, 0.15) is 11.6 Å². The first kappa shape index (κ1) is 19.1. The van der Waals surface area contributed by atoms with E-state index in [-0.39, 0.29) is 30.0 Å². The van der Waals surface area contributed by atoms with Crippen LogP contribution in [0.5, 0.6) is 0 Å². The molecule has 0 fully saturated rings. The SMILES string of the molecule is CCC(C)Nc1cc(C(N)C(=O)c2ccc(F)cc2)ccn1.Cl. The van der Waals surface area contributed by atoms with Crippen LogP contribution in [-0.2, 0) is 0 Å². The van der Waals surface area contributed by atoms with E-state index in [1.165, 1.54) is 24.3 Å². The number of Topliss-reactive ketones (excluding diaryl/α,β-unsaturated/α-hetero) is 1. The topological polar surface area (TPSA) is 68.0 Å². The first-order chi connectivity index (χ1) is 10.5. The number of pyridine rings is 1. The highest BCUT2D eigenvalue weighted by Gasteiger charge is 2.18. The summed E-state index contributed by atoms with van der Waals surface area (Å²) < 4.78 is 12.9. The molecule has 1 aromatic carbocycles. The minimum absolute atomic E-state index is 0. The molecule has 0 amide bonds. The first-order valence-electron chi connectivity index (χ1n) is 7.29. The summed E-state index contributed by atoms with van der Waals surface area (Å²) in [6, 6.07) is 8.36. The Kier molecular flexibility index (Phi) is 7.13. The van der Waals surface area contributed by atoms with Gasteiger partial charge in [-0.3, -0.25) is 4.79 Å². The summed E-state index contributed by atoms with van der Waals surface area (Å²) in [5.41, 5.74) is 7.11. The molecule has 0 radical (unpaired) electrons. The van der Waals surface area contributed by atoms with Gasteiger partial charge in [-0.25, -0.2) is 9.37 Å². The molecule has 3 N–H and O–H groups in total. The van der Waals surface area contributed by atoms with E-state index in [1.807, 2.05) is 0 Å². The standard InChI is InChI=1S/C17H20FN3O.ClH/c1-3-11(2)21-15-10-13(8-9-20-15)16(19)17(22)12-4-6-14(18)7-5-12;/h4-11,16H,3,19H2,1-2H3,(H,20,21);1H. The van der Waals surface area contributed by atoms with Crippen molar-refractivity contribution in [1.82, 2.24) is 4.98 Å². The third-order valence-electron chi connectivity index (χ3n) is 3.56. The van der Waals surface area contributed by atoms with E-state index in [2.05, 4.69) is 24.1 Å². The Hall–Kier alpha value is -1.98. The van der Waals surface area contributed by atoms with Crippen molar-refractivity contribution in [2.24, 2.45) is 5.73 Å². The zero-order valence-corrected chi connectivity index (χ0v) is 13.9. The zero-order chi connectivity index (χ0) is 16.1. The van der Waals surface area contributed by atoms with Gasteiger partial charge in [0.2, 0.25) is 0 Å². The molecule has 2 unspecified atom stereocenters. The summed E-state index contributed by atoms with van der Waals surface area (Å²) >= 11 is 0. The van der Waals surface area contributed by atoms with Crippen LogP contribution < -0.4 is 11.1 Å². The van der Waals surface area contributed by atoms with E-state index in [9.17, 15) is 9.18 Å². The molecule has 0 saturated carbocycles. The molecule has 0 aliphatic rings. The Morgan fingerprint density at radius 2 is 1.96 bits per heavy atom. The molecule has 0 saturated heterocycles. The number of halogens is 2. The predicted octanol–water partition coefficient (Wildman–Crippen LogP) is 3.74. The van der Waals surface area contributed by atoms with Crippen LogP contribution in [0.25, 0.3) is 0 Å². The molecule has 124 valence electrons. The van der Waals surface area contributed by atoms with Crippen molar-refractivity contribution in [2.75, 3.05) is 5.32 Å². The predicted molar refractivity (Wildman–Crippen MR) is 92.5 cm³/mol. The molecular weight excluding hydrogens is 317 g/mol. The molecular formula is C17H21ClFN3O. The zero-order valence-electron chi connectivity index (χ0n) is 13.1. The lowest BCUT2D eigenvalue weighted by Crippen LogP contribution is -2.22. The van der Waals surface area contributed by atoms with Crippen molar-refractivity contribution in [2.45, 2.75) is 32.4 Å². The minimum Gasteiger partial charge on any atom is -0.368 e. The van der Waals surface area contributed by atoms with Gasteiger partial charge < -0.3 is 11.1 Å². The van der Waals surface area contributed by atoms with Crippen molar-refractivity contribution >= 4 is 24.0 Å². The first-order valence-corrected chi connectivity index (χ1v) is 7.29. The molecule has 0 aliphatic heterocycles. The lowest BCUT2D eigenvalue weighted by Gasteiger charge is -2.15. The van der Waals surface area contributed by atoms with Gasteiger partial charge in [0.25, 0.3) is 0 Å². The van der Waals surface area contributed by atoms with Crippen molar-refractivity contribution in [3.63, 3.8) is 0 Å². The third-order valence-corrected chi connectivity index (χ3v) is 3.56. The molecule has 1 aromatic heterocycles. The average Bonchev–Trinajstić information content (AvgIpc) is 2.54. The van der Waals surface area contributed by atoms with Gasteiger partial charge in [-0.2, -0.15) is 0 Å². The summed E-state index contributed by atoms with van der Waals surface area (Å²) in [6.45, 7) is 4.13. The number of nitrogens with one attached hydrogen (secondary N) is 1. The smallest absolute Gasteiger partial charge is 0.184 e. The monoisotopic (exact) mass is 337 g/mol. The van der Waals surface area contributed by atoms with Crippen molar-refractivity contribution in [3.8, 4) is 0 Å². The molecule has 23 heavy (non-hydrogen) atoms. The highest BCUT2D eigenvalue weighted by atomic mass is 35.5. The summed E-state index contributed by atoms with van der Waals surface area (Å²) in [5, 5.41) is 3.25. The molecule has 0 bridgehead atoms. The van der Waals surface area contributed by atoms with Crippen LogP contribution in [0.3, 0.4) is 0 Å². The summed E-state index contributed by atoms with van der Waals surface area (Å²) in [4.78, 5) is 16.6. The van der Waals surface area contributed by atoms with E-state index < -0.39 is 6.04 Å². The minimum atomic E-state index is -0.800. The maximum absolute atomic E-state index is 12.9. The number of hydrogen-bond donors (Lipinski definition) is 2. The highest BCUT2D eigenvalue weighted by Crippen LogP contribution is 2.19. The van der Waals surface area contributed by atoms with Crippen molar-refractivity contribution in [1.29, 1.82) is 0 Å². The maximum atomic E-state index is 12.9. The Morgan fingerprint density at radius 1 is 1.30 bits per heavy atom. The Balaban J connectivity index is 0.00000264. The van der Waals surface area contributed by atoms with Crippen molar-refractivity contribution < 1.29 is 9.18 Å². The number of carbonyl (C=O) groups is 1. The maximum Gasteiger partial charge on any atom is 0.184 e. The fourth-order valence-corrected chi connectivity index (χ4v) is 2.02. The number of aromatic nitrogens is 1. The molecule has 6 heteroatoms. The molecule has 1 heterocycles. The molecule has 2 rings (SSSR count). The normalized spacial score (nSPS) is 12.9. The second-order valence-electron chi connectivity index (χ2n) is 5.28. The second-order valence-corrected chi connectivity index (χ2v) is 5.28. The number of hydrogen-bond acceptors (Lipinski definition) is 4. The van der Waals surface area contributed by atoms with Gasteiger partial charge in [0.15, 0.2) is 5.78 Å². The number of rotatable bonds is 6. The Morgan fingerprint density at radius 3 is 2.57 bits per heavy atom. The van der Waals surface area contributed by atoms with E-state index in [1.54, 1.807) is 18.3 Å². The highest BCUT2D eigenvalue weighted by molar-refractivity contribution is 6.00. The summed E-state index contributed by atoms with van der Waals surface area (Å²) in [5.74, 6) is 0.0592.